The van der Waals surface area contributed by atoms with E-state index >= 15 is 0 Å². The maximum atomic E-state index is 11.6. The van der Waals surface area contributed by atoms with Gasteiger partial charge in [-0.15, -0.1) is 6.58 Å². The molecule has 0 aliphatic rings. The van der Waals surface area contributed by atoms with Crippen LogP contribution in [0.5, 0.6) is 0 Å². The highest BCUT2D eigenvalue weighted by Gasteiger charge is 2.12. The lowest BCUT2D eigenvalue weighted by molar-refractivity contribution is -0.119. The maximum absolute atomic E-state index is 11.6. The molecule has 1 atom stereocenters. The number of pyridine rings is 1. The number of nitrogens with zero attached hydrogens (tertiary/aromatic N) is 1. The van der Waals surface area contributed by atoms with E-state index in [1.807, 2.05) is 6.07 Å². The molecule has 0 aliphatic carbocycles. The average molecular weight is 269 g/mol. The van der Waals surface area contributed by atoms with Gasteiger partial charge in [0.25, 0.3) is 0 Å². The molecule has 0 saturated carbocycles. The molecule has 0 fully saturated rings. The first-order chi connectivity index (χ1) is 7.13. The fraction of sp³-hybridized carbons (Fsp3) is 0.273. The zero-order valence-electron chi connectivity index (χ0n) is 8.32. The number of nitrogens with two attached hydrogens (primary N) is 1. The smallest absolute Gasteiger partial charge is 0.154 e. The Morgan fingerprint density at radius 2 is 2.40 bits per heavy atom. The van der Waals surface area contributed by atoms with Crippen molar-refractivity contribution in [3.05, 3.63) is 41.2 Å². The van der Waals surface area contributed by atoms with E-state index in [9.17, 15) is 4.79 Å². The van der Waals surface area contributed by atoms with Crippen molar-refractivity contribution in [3.8, 4) is 0 Å². The molecule has 0 saturated heterocycles. The van der Waals surface area contributed by atoms with E-state index in [2.05, 4.69) is 27.5 Å². The zero-order chi connectivity index (χ0) is 11.3. The third-order valence-electron chi connectivity index (χ3n) is 1.97. The number of carbonyl (C=O) groups is 1. The van der Waals surface area contributed by atoms with Gasteiger partial charge in [0.2, 0.25) is 0 Å². The van der Waals surface area contributed by atoms with Gasteiger partial charge in [-0.25, -0.2) is 0 Å². The van der Waals surface area contributed by atoms with Crippen LogP contribution in [0.2, 0.25) is 0 Å². The lowest BCUT2D eigenvalue weighted by Crippen LogP contribution is -2.31. The van der Waals surface area contributed by atoms with E-state index < -0.39 is 6.04 Å². The second kappa shape index (κ2) is 5.78. The summed E-state index contributed by atoms with van der Waals surface area (Å²) in [5, 5.41) is 0. The third kappa shape index (κ3) is 3.93. The standard InChI is InChI=1S/C11H13BrN2O/c1-2-3-10(13)11(15)5-8-4-9(12)7-14-6-8/h2,4,6-7,10H,1,3,5,13H2. The summed E-state index contributed by atoms with van der Waals surface area (Å²) in [4.78, 5) is 15.6. The van der Waals surface area contributed by atoms with E-state index in [0.29, 0.717) is 12.8 Å². The molecule has 2 N–H and O–H groups in total. The number of aromatic nitrogens is 1. The van der Waals surface area contributed by atoms with Crippen molar-refractivity contribution in [2.24, 2.45) is 5.73 Å². The predicted molar refractivity (Wildman–Crippen MR) is 63.4 cm³/mol. The predicted octanol–water partition coefficient (Wildman–Crippen LogP) is 1.86. The molecular formula is C11H13BrN2O. The number of carbonyl (C=O) groups excluding carboxylic acids is 1. The Balaban J connectivity index is 2.62. The summed E-state index contributed by atoms with van der Waals surface area (Å²) < 4.78 is 0.866. The lowest BCUT2D eigenvalue weighted by Gasteiger charge is -2.07. The Labute approximate surface area is 97.5 Å². The Bertz CT molecular complexity index is 365. The second-order valence-electron chi connectivity index (χ2n) is 3.29. The molecule has 0 spiro atoms. The van der Waals surface area contributed by atoms with Gasteiger partial charge < -0.3 is 5.73 Å². The summed E-state index contributed by atoms with van der Waals surface area (Å²) in [6, 6.07) is 1.41. The highest BCUT2D eigenvalue weighted by atomic mass is 79.9. The van der Waals surface area contributed by atoms with Crippen molar-refractivity contribution in [3.63, 3.8) is 0 Å². The molecule has 0 bridgehead atoms. The molecule has 80 valence electrons. The molecule has 0 radical (unpaired) electrons. The van der Waals surface area contributed by atoms with Gasteiger partial charge in [-0.1, -0.05) is 6.08 Å². The quantitative estimate of drug-likeness (QED) is 0.830. The largest absolute Gasteiger partial charge is 0.321 e. The first-order valence-electron chi connectivity index (χ1n) is 4.62. The Morgan fingerprint density at radius 3 is 3.00 bits per heavy atom. The molecule has 1 aromatic heterocycles. The summed E-state index contributed by atoms with van der Waals surface area (Å²) in [5.74, 6) is 0.00907. The fourth-order valence-electron chi connectivity index (χ4n) is 1.20. The van der Waals surface area contributed by atoms with Gasteiger partial charge in [-0.3, -0.25) is 9.78 Å². The van der Waals surface area contributed by atoms with Crippen LogP contribution >= 0.6 is 15.9 Å². The minimum atomic E-state index is -0.457. The first-order valence-corrected chi connectivity index (χ1v) is 5.41. The number of halogens is 1. The van der Waals surface area contributed by atoms with Crippen LogP contribution < -0.4 is 5.73 Å². The van der Waals surface area contributed by atoms with Crippen molar-refractivity contribution in [2.45, 2.75) is 18.9 Å². The highest BCUT2D eigenvalue weighted by Crippen LogP contribution is 2.10. The lowest BCUT2D eigenvalue weighted by atomic mass is 10.0. The molecule has 1 unspecified atom stereocenters. The number of rotatable bonds is 5. The number of Topliss-reactive ketones (excluding diaryl/α,β-unsaturated/α-hetero) is 1. The van der Waals surface area contributed by atoms with Crippen molar-refractivity contribution in [1.82, 2.24) is 4.98 Å². The SMILES string of the molecule is C=CCC(N)C(=O)Cc1cncc(Br)c1. The minimum absolute atomic E-state index is 0.00907. The molecule has 0 aromatic carbocycles. The van der Waals surface area contributed by atoms with E-state index in [-0.39, 0.29) is 5.78 Å². The Hall–Kier alpha value is -1.00. The summed E-state index contributed by atoms with van der Waals surface area (Å²) >= 11 is 3.30. The monoisotopic (exact) mass is 268 g/mol. The van der Waals surface area contributed by atoms with Crippen LogP contribution in [0.25, 0.3) is 0 Å². The first kappa shape index (κ1) is 12.1. The van der Waals surface area contributed by atoms with Crippen LogP contribution in [0, 0.1) is 0 Å². The highest BCUT2D eigenvalue weighted by molar-refractivity contribution is 9.10. The van der Waals surface area contributed by atoms with E-state index in [1.165, 1.54) is 0 Å². The van der Waals surface area contributed by atoms with Gasteiger partial charge in [0.15, 0.2) is 5.78 Å². The topological polar surface area (TPSA) is 56.0 Å². The number of hydrogen-bond donors (Lipinski definition) is 1. The summed E-state index contributed by atoms with van der Waals surface area (Å²) in [7, 11) is 0. The van der Waals surface area contributed by atoms with Crippen molar-refractivity contribution < 1.29 is 4.79 Å². The van der Waals surface area contributed by atoms with Crippen molar-refractivity contribution >= 4 is 21.7 Å². The van der Waals surface area contributed by atoms with Gasteiger partial charge in [0, 0.05) is 23.3 Å². The molecule has 15 heavy (non-hydrogen) atoms. The number of hydrogen-bond acceptors (Lipinski definition) is 3. The molecule has 0 amide bonds. The molecule has 1 rings (SSSR count). The van der Waals surface area contributed by atoms with Gasteiger partial charge in [0.1, 0.15) is 0 Å². The molecule has 1 aromatic rings. The molecule has 1 heterocycles. The molecule has 0 aliphatic heterocycles. The summed E-state index contributed by atoms with van der Waals surface area (Å²) in [6.07, 6.45) is 5.84. The van der Waals surface area contributed by atoms with Crippen LogP contribution in [-0.4, -0.2) is 16.8 Å². The van der Waals surface area contributed by atoms with Gasteiger partial charge in [-0.05, 0) is 34.0 Å². The van der Waals surface area contributed by atoms with Gasteiger partial charge in [-0.2, -0.15) is 0 Å². The normalized spacial score (nSPS) is 12.1. The van der Waals surface area contributed by atoms with Crippen molar-refractivity contribution in [2.75, 3.05) is 0 Å². The van der Waals surface area contributed by atoms with Gasteiger partial charge >= 0.3 is 0 Å². The summed E-state index contributed by atoms with van der Waals surface area (Å²) in [5.41, 5.74) is 6.53. The van der Waals surface area contributed by atoms with E-state index in [0.717, 1.165) is 10.0 Å². The van der Waals surface area contributed by atoms with Crippen LogP contribution in [0.15, 0.2) is 35.6 Å². The fourth-order valence-corrected chi connectivity index (χ4v) is 1.61. The zero-order valence-corrected chi connectivity index (χ0v) is 9.90. The third-order valence-corrected chi connectivity index (χ3v) is 2.41. The molecule has 3 nitrogen and oxygen atoms in total. The van der Waals surface area contributed by atoms with Gasteiger partial charge in [0.05, 0.1) is 6.04 Å². The maximum Gasteiger partial charge on any atom is 0.154 e. The van der Waals surface area contributed by atoms with Crippen LogP contribution in [0.4, 0.5) is 0 Å². The Kier molecular flexibility index (Phi) is 4.65. The Morgan fingerprint density at radius 1 is 1.67 bits per heavy atom. The number of ketones is 1. The molecular weight excluding hydrogens is 256 g/mol. The average Bonchev–Trinajstić information content (AvgIpc) is 2.18. The minimum Gasteiger partial charge on any atom is -0.321 e. The van der Waals surface area contributed by atoms with Crippen molar-refractivity contribution in [1.29, 1.82) is 0 Å². The van der Waals surface area contributed by atoms with Crippen LogP contribution in [0.3, 0.4) is 0 Å². The van der Waals surface area contributed by atoms with E-state index in [4.69, 9.17) is 5.73 Å². The summed E-state index contributed by atoms with van der Waals surface area (Å²) in [6.45, 7) is 3.55. The van der Waals surface area contributed by atoms with Crippen LogP contribution in [-0.2, 0) is 11.2 Å². The second-order valence-corrected chi connectivity index (χ2v) is 4.20. The van der Waals surface area contributed by atoms with E-state index in [1.54, 1.807) is 18.5 Å². The molecule has 4 heteroatoms. The van der Waals surface area contributed by atoms with Crippen LogP contribution in [0.1, 0.15) is 12.0 Å².